The van der Waals surface area contributed by atoms with Crippen molar-refractivity contribution in [3.05, 3.63) is 29.0 Å². The zero-order chi connectivity index (χ0) is 17.2. The summed E-state index contributed by atoms with van der Waals surface area (Å²) >= 11 is 5.78. The van der Waals surface area contributed by atoms with Crippen LogP contribution in [0, 0.1) is 0 Å². The summed E-state index contributed by atoms with van der Waals surface area (Å²) < 4.78 is 0. The topological polar surface area (TPSA) is 52.6 Å². The van der Waals surface area contributed by atoms with Crippen LogP contribution < -0.4 is 10.6 Å². The number of aromatic nitrogens is 1. The Labute approximate surface area is 168 Å². The lowest BCUT2D eigenvalue weighted by Gasteiger charge is -2.30. The molecular weight excluding hydrogens is 437 g/mol. The van der Waals surface area contributed by atoms with Crippen molar-refractivity contribution in [2.24, 2.45) is 4.99 Å². The molecule has 0 atom stereocenters. The Morgan fingerprint density at radius 3 is 2.38 bits per heavy atom. The molecule has 5 nitrogen and oxygen atoms in total. The van der Waals surface area contributed by atoms with Gasteiger partial charge in [-0.3, -0.25) is 9.89 Å². The lowest BCUT2D eigenvalue weighted by molar-refractivity contribution is 0.173. The number of hydrogen-bond acceptors (Lipinski definition) is 3. The van der Waals surface area contributed by atoms with Gasteiger partial charge >= 0.3 is 0 Å². The van der Waals surface area contributed by atoms with Crippen molar-refractivity contribution in [1.82, 2.24) is 20.5 Å². The molecule has 0 aliphatic rings. The van der Waals surface area contributed by atoms with E-state index in [9.17, 15) is 0 Å². The highest BCUT2D eigenvalue weighted by atomic mass is 127. The number of pyridine rings is 1. The lowest BCUT2D eigenvalue weighted by atomic mass is 10.2. The maximum absolute atomic E-state index is 5.78. The first kappa shape index (κ1) is 23.4. The summed E-state index contributed by atoms with van der Waals surface area (Å²) in [5, 5.41) is 7.14. The molecule has 1 rings (SSSR count). The molecule has 0 radical (unpaired) electrons. The van der Waals surface area contributed by atoms with Crippen LogP contribution in [0.3, 0.4) is 0 Å². The molecule has 0 bridgehead atoms. The summed E-state index contributed by atoms with van der Waals surface area (Å²) in [6.45, 7) is 11.6. The molecule has 0 aromatic carbocycles. The SMILES string of the molecule is CN=C(NCCCN(C(C)C)C(C)C)NCc1ccc(Cl)nc1.I. The van der Waals surface area contributed by atoms with E-state index < -0.39 is 0 Å². The number of rotatable bonds is 8. The van der Waals surface area contributed by atoms with Crippen molar-refractivity contribution in [3.63, 3.8) is 0 Å². The highest BCUT2D eigenvalue weighted by Gasteiger charge is 2.12. The predicted octanol–water partition coefficient (Wildman–Crippen LogP) is 3.53. The zero-order valence-electron chi connectivity index (χ0n) is 15.3. The summed E-state index contributed by atoms with van der Waals surface area (Å²) in [5.41, 5.74) is 1.07. The number of aliphatic imine (C=N–C) groups is 1. The van der Waals surface area contributed by atoms with E-state index in [2.05, 4.69) is 53.2 Å². The van der Waals surface area contributed by atoms with Crippen LogP contribution in [-0.4, -0.2) is 48.1 Å². The third-order valence-electron chi connectivity index (χ3n) is 3.68. The van der Waals surface area contributed by atoms with Crippen LogP contribution in [0.4, 0.5) is 0 Å². The normalized spacial score (nSPS) is 11.8. The maximum atomic E-state index is 5.78. The van der Waals surface area contributed by atoms with E-state index in [1.807, 2.05) is 6.07 Å². The molecule has 0 unspecified atom stereocenters. The first-order chi connectivity index (χ1) is 10.9. The summed E-state index contributed by atoms with van der Waals surface area (Å²) in [5.74, 6) is 0.806. The Morgan fingerprint density at radius 2 is 1.88 bits per heavy atom. The van der Waals surface area contributed by atoms with Crippen molar-refractivity contribution in [2.45, 2.75) is 52.7 Å². The number of nitrogens with one attached hydrogen (secondary N) is 2. The summed E-state index contributed by atoms with van der Waals surface area (Å²) in [6, 6.07) is 4.90. The molecule has 0 fully saturated rings. The van der Waals surface area contributed by atoms with E-state index in [1.165, 1.54) is 0 Å². The average molecular weight is 468 g/mol. The van der Waals surface area contributed by atoms with E-state index in [0.717, 1.165) is 31.0 Å². The third-order valence-corrected chi connectivity index (χ3v) is 3.91. The molecular formula is C17H31ClIN5. The first-order valence-electron chi connectivity index (χ1n) is 8.24. The van der Waals surface area contributed by atoms with E-state index in [0.29, 0.717) is 23.8 Å². The van der Waals surface area contributed by atoms with Crippen LogP contribution >= 0.6 is 35.6 Å². The minimum absolute atomic E-state index is 0. The number of nitrogens with zero attached hydrogens (tertiary/aromatic N) is 3. The Hall–Kier alpha value is -0.600. The van der Waals surface area contributed by atoms with Crippen LogP contribution in [0.5, 0.6) is 0 Å². The lowest BCUT2D eigenvalue weighted by Crippen LogP contribution is -2.41. The fourth-order valence-electron chi connectivity index (χ4n) is 2.50. The molecule has 2 N–H and O–H groups in total. The van der Waals surface area contributed by atoms with Crippen molar-refractivity contribution in [1.29, 1.82) is 0 Å². The molecule has 0 aliphatic carbocycles. The van der Waals surface area contributed by atoms with E-state index in [4.69, 9.17) is 11.6 Å². The van der Waals surface area contributed by atoms with Gasteiger partial charge in [-0.2, -0.15) is 0 Å². The van der Waals surface area contributed by atoms with Crippen LogP contribution in [0.25, 0.3) is 0 Å². The number of hydrogen-bond donors (Lipinski definition) is 2. The summed E-state index contributed by atoms with van der Waals surface area (Å²) in [4.78, 5) is 10.8. The number of guanidine groups is 1. The quantitative estimate of drug-likeness (QED) is 0.202. The molecule has 1 aromatic rings. The Morgan fingerprint density at radius 1 is 1.21 bits per heavy atom. The van der Waals surface area contributed by atoms with Crippen LogP contribution in [0.2, 0.25) is 5.15 Å². The predicted molar refractivity (Wildman–Crippen MR) is 114 cm³/mol. The van der Waals surface area contributed by atoms with Crippen molar-refractivity contribution in [3.8, 4) is 0 Å². The van der Waals surface area contributed by atoms with Crippen LogP contribution in [0.15, 0.2) is 23.3 Å². The average Bonchev–Trinajstić information content (AvgIpc) is 2.50. The zero-order valence-corrected chi connectivity index (χ0v) is 18.4. The standard InChI is InChI=1S/C17H30ClN5.HI/c1-13(2)23(14(3)4)10-6-9-20-17(19-5)22-12-15-7-8-16(18)21-11-15;/h7-8,11,13-14H,6,9-10,12H2,1-5H3,(H2,19,20,22);1H. The summed E-state index contributed by atoms with van der Waals surface area (Å²) in [6.07, 6.45) is 2.85. The Bertz CT molecular complexity index is 468. The minimum atomic E-state index is 0. The van der Waals surface area contributed by atoms with E-state index in [-0.39, 0.29) is 24.0 Å². The monoisotopic (exact) mass is 467 g/mol. The van der Waals surface area contributed by atoms with Gasteiger partial charge in [0, 0.05) is 45.0 Å². The molecule has 24 heavy (non-hydrogen) atoms. The van der Waals surface area contributed by atoms with Gasteiger partial charge in [0.1, 0.15) is 5.15 Å². The van der Waals surface area contributed by atoms with Gasteiger partial charge in [-0.15, -0.1) is 24.0 Å². The molecule has 1 heterocycles. The van der Waals surface area contributed by atoms with Gasteiger partial charge in [0.2, 0.25) is 0 Å². The first-order valence-corrected chi connectivity index (χ1v) is 8.62. The Kier molecular flexibility index (Phi) is 12.4. The van der Waals surface area contributed by atoms with Crippen LogP contribution in [0.1, 0.15) is 39.7 Å². The molecule has 138 valence electrons. The minimum Gasteiger partial charge on any atom is -0.356 e. The molecule has 0 spiro atoms. The van der Waals surface area contributed by atoms with Gasteiger partial charge in [-0.25, -0.2) is 4.98 Å². The second-order valence-corrected chi connectivity index (χ2v) is 6.51. The van der Waals surface area contributed by atoms with Gasteiger partial charge in [0.25, 0.3) is 0 Å². The fourth-order valence-corrected chi connectivity index (χ4v) is 2.61. The molecule has 1 aromatic heterocycles. The molecule has 0 aliphatic heterocycles. The van der Waals surface area contributed by atoms with E-state index in [1.54, 1.807) is 19.3 Å². The number of halogens is 2. The van der Waals surface area contributed by atoms with Gasteiger partial charge in [0.05, 0.1) is 0 Å². The van der Waals surface area contributed by atoms with Crippen molar-refractivity contribution >= 4 is 41.5 Å². The van der Waals surface area contributed by atoms with Gasteiger partial charge in [0.15, 0.2) is 5.96 Å². The maximum Gasteiger partial charge on any atom is 0.191 e. The highest BCUT2D eigenvalue weighted by molar-refractivity contribution is 14.0. The fraction of sp³-hybridized carbons (Fsp3) is 0.647. The van der Waals surface area contributed by atoms with Crippen LogP contribution in [-0.2, 0) is 6.54 Å². The second-order valence-electron chi connectivity index (χ2n) is 6.12. The van der Waals surface area contributed by atoms with Gasteiger partial charge in [-0.1, -0.05) is 17.7 Å². The molecule has 0 saturated heterocycles. The van der Waals surface area contributed by atoms with Crippen molar-refractivity contribution < 1.29 is 0 Å². The van der Waals surface area contributed by atoms with Gasteiger partial charge in [-0.05, 0) is 45.7 Å². The largest absolute Gasteiger partial charge is 0.356 e. The van der Waals surface area contributed by atoms with Crippen molar-refractivity contribution in [2.75, 3.05) is 20.1 Å². The summed E-state index contributed by atoms with van der Waals surface area (Å²) in [7, 11) is 1.78. The smallest absolute Gasteiger partial charge is 0.191 e. The van der Waals surface area contributed by atoms with Gasteiger partial charge < -0.3 is 10.6 Å². The Balaban J connectivity index is 0.00000529. The molecule has 0 amide bonds. The van der Waals surface area contributed by atoms with E-state index >= 15 is 0 Å². The highest BCUT2D eigenvalue weighted by Crippen LogP contribution is 2.06. The molecule has 7 heteroatoms. The second kappa shape index (κ2) is 12.7. The third kappa shape index (κ3) is 9.03. The molecule has 0 saturated carbocycles.